The number of unbranched alkanes of at least 4 members (excludes halogenated alkanes) is 2. The van der Waals surface area contributed by atoms with Crippen molar-refractivity contribution in [1.29, 1.82) is 0 Å². The molecule has 5 aromatic carbocycles. The van der Waals surface area contributed by atoms with Crippen LogP contribution in [-0.4, -0.2) is 38.7 Å². The molecule has 0 aromatic heterocycles. The molecule has 0 amide bonds. The summed E-state index contributed by atoms with van der Waals surface area (Å²) in [7, 11) is -5.74. The number of fused-ring (bicyclic) bond motifs is 1. The lowest BCUT2D eigenvalue weighted by atomic mass is 9.91. The SMILES string of the molecule is CCCCC[C@@H](C=CC1C(O[Si](c2ccccc2)(c2ccccc2)C(C)(C)C)CC2(Sc3ccccc3)NC(=S)CC12)O[Si](c1ccccc1)(c1ccccc1)C(C)(C)C. The van der Waals surface area contributed by atoms with Gasteiger partial charge in [0.1, 0.15) is 0 Å². The Kier molecular flexibility index (Phi) is 14.0. The van der Waals surface area contributed by atoms with Crippen molar-refractivity contribution in [3.05, 3.63) is 164 Å². The third kappa shape index (κ3) is 9.00. The van der Waals surface area contributed by atoms with Gasteiger partial charge in [-0.1, -0.05) is 243 Å². The first-order valence-corrected chi connectivity index (χ1v) is 27.2. The van der Waals surface area contributed by atoms with E-state index in [1.54, 1.807) is 0 Å². The predicted octanol–water partition coefficient (Wildman–Crippen LogP) is 11.5. The zero-order valence-electron chi connectivity index (χ0n) is 36.8. The Hall–Kier alpha value is -3.57. The van der Waals surface area contributed by atoms with Gasteiger partial charge in [-0.25, -0.2) is 0 Å². The fraction of sp³-hybridized carbons (Fsp3) is 0.377. The van der Waals surface area contributed by atoms with Crippen LogP contribution in [0.4, 0.5) is 0 Å². The van der Waals surface area contributed by atoms with Crippen molar-refractivity contribution in [2.75, 3.05) is 0 Å². The van der Waals surface area contributed by atoms with Gasteiger partial charge in [0.25, 0.3) is 16.6 Å². The van der Waals surface area contributed by atoms with Crippen LogP contribution in [0.5, 0.6) is 0 Å². The molecule has 1 aliphatic heterocycles. The minimum atomic E-state index is -2.91. The highest BCUT2D eigenvalue weighted by Crippen LogP contribution is 2.57. The van der Waals surface area contributed by atoms with Gasteiger partial charge in [0.05, 0.1) is 22.1 Å². The van der Waals surface area contributed by atoms with Crippen molar-refractivity contribution in [2.24, 2.45) is 11.8 Å². The average Bonchev–Trinajstić information content (AvgIpc) is 3.70. The molecule has 3 nitrogen and oxygen atoms in total. The fourth-order valence-corrected chi connectivity index (χ4v) is 21.5. The van der Waals surface area contributed by atoms with Crippen molar-refractivity contribution >= 4 is 66.3 Å². The van der Waals surface area contributed by atoms with Crippen LogP contribution in [0.1, 0.15) is 87.0 Å². The highest BCUT2D eigenvalue weighted by atomic mass is 32.2. The number of thioether (sulfide) groups is 1. The van der Waals surface area contributed by atoms with Crippen molar-refractivity contribution in [3.8, 4) is 0 Å². The van der Waals surface area contributed by atoms with Crippen LogP contribution >= 0.6 is 24.0 Å². The lowest BCUT2D eigenvalue weighted by molar-refractivity contribution is 0.153. The van der Waals surface area contributed by atoms with Crippen molar-refractivity contribution in [1.82, 2.24) is 5.32 Å². The minimum absolute atomic E-state index is 0.0616. The van der Waals surface area contributed by atoms with Crippen molar-refractivity contribution in [2.45, 2.75) is 119 Å². The summed E-state index contributed by atoms with van der Waals surface area (Å²) in [6.45, 7) is 16.6. The molecule has 7 heteroatoms. The van der Waals surface area contributed by atoms with Crippen LogP contribution in [0, 0.1) is 11.8 Å². The van der Waals surface area contributed by atoms with Crippen molar-refractivity contribution < 1.29 is 8.85 Å². The molecule has 0 radical (unpaired) electrons. The molecule has 1 saturated carbocycles. The minimum Gasteiger partial charge on any atom is -0.404 e. The number of benzene rings is 5. The van der Waals surface area contributed by atoms with Gasteiger partial charge in [-0.05, 0) is 49.4 Å². The van der Waals surface area contributed by atoms with E-state index in [2.05, 4.69) is 218 Å². The molecule has 7 rings (SSSR count). The maximum absolute atomic E-state index is 8.17. The van der Waals surface area contributed by atoms with E-state index in [4.69, 9.17) is 21.1 Å². The van der Waals surface area contributed by atoms with E-state index < -0.39 is 16.6 Å². The summed E-state index contributed by atoms with van der Waals surface area (Å²) in [6.07, 6.45) is 10.9. The summed E-state index contributed by atoms with van der Waals surface area (Å²) in [5.41, 5.74) is 0. The van der Waals surface area contributed by atoms with Gasteiger partial charge in [-0.2, -0.15) is 0 Å². The first-order chi connectivity index (χ1) is 28.8. The number of hydrogen-bond donors (Lipinski definition) is 1. The first-order valence-electron chi connectivity index (χ1n) is 22.1. The Balaban J connectivity index is 1.37. The van der Waals surface area contributed by atoms with E-state index in [0.717, 1.165) is 37.1 Å². The van der Waals surface area contributed by atoms with Crippen LogP contribution in [0.2, 0.25) is 10.1 Å². The lowest BCUT2D eigenvalue weighted by Crippen LogP contribution is -2.68. The molecule has 60 heavy (non-hydrogen) atoms. The molecule has 1 heterocycles. The Morgan fingerprint density at radius 1 is 0.683 bits per heavy atom. The summed E-state index contributed by atoms with van der Waals surface area (Å²) in [6, 6.07) is 55.3. The zero-order valence-corrected chi connectivity index (χ0v) is 40.4. The molecule has 4 unspecified atom stereocenters. The van der Waals surface area contributed by atoms with Gasteiger partial charge in [-0.15, -0.1) is 0 Å². The second-order valence-electron chi connectivity index (χ2n) is 19.0. The molecule has 2 aliphatic rings. The molecular formula is C53H65NO2S2Si2. The first kappa shape index (κ1) is 44.5. The topological polar surface area (TPSA) is 30.5 Å². The maximum Gasteiger partial charge on any atom is 0.261 e. The van der Waals surface area contributed by atoms with E-state index >= 15 is 0 Å². The normalized spacial score (nSPS) is 21.5. The summed E-state index contributed by atoms with van der Waals surface area (Å²) in [5, 5.41) is 8.91. The summed E-state index contributed by atoms with van der Waals surface area (Å²) in [5.74, 6) is 0.339. The quantitative estimate of drug-likeness (QED) is 0.0462. The Morgan fingerprint density at radius 2 is 1.13 bits per heavy atom. The maximum atomic E-state index is 8.17. The molecule has 0 bridgehead atoms. The third-order valence-corrected chi connectivity index (χ3v) is 24.8. The Labute approximate surface area is 373 Å². The monoisotopic (exact) mass is 867 g/mol. The lowest BCUT2D eigenvalue weighted by Gasteiger charge is -2.46. The average molecular weight is 868 g/mol. The van der Waals surface area contributed by atoms with Crippen LogP contribution in [-0.2, 0) is 8.85 Å². The molecule has 2 fully saturated rings. The smallest absolute Gasteiger partial charge is 0.261 e. The van der Waals surface area contributed by atoms with Crippen LogP contribution in [0.25, 0.3) is 0 Å². The van der Waals surface area contributed by atoms with Gasteiger partial charge in [-0.3, -0.25) is 0 Å². The molecule has 314 valence electrons. The van der Waals surface area contributed by atoms with Gasteiger partial charge in [0.2, 0.25) is 0 Å². The van der Waals surface area contributed by atoms with Crippen LogP contribution < -0.4 is 26.1 Å². The standard InChI is InChI=1S/C53H65NO2S2Si2/c1-8-9-15-26-41(55-59(51(2,3)4,43-29-18-11-19-30-43)44-31-20-12-21-32-44)37-38-47-48-39-50(57)54-53(48,58-42-27-16-10-17-28-42)40-49(47)56-60(52(5,6)7,45-33-22-13-23-34-45)46-35-24-14-25-36-46/h10-14,16-25,27-38,41,47-49H,8-9,15,26,39-40H2,1-7H3,(H,54,57)/t41-,47?,48?,49?,53?/m0/s1. The van der Waals surface area contributed by atoms with E-state index in [-0.39, 0.29) is 39.0 Å². The van der Waals surface area contributed by atoms with Crippen molar-refractivity contribution in [3.63, 3.8) is 0 Å². The second kappa shape index (κ2) is 18.8. The second-order valence-corrected chi connectivity index (χ2v) is 29.4. The third-order valence-electron chi connectivity index (χ3n) is 12.9. The molecule has 1 aliphatic carbocycles. The van der Waals surface area contributed by atoms with E-state index in [0.29, 0.717) is 0 Å². The molecule has 5 aromatic rings. The van der Waals surface area contributed by atoms with E-state index in [1.165, 1.54) is 32.1 Å². The number of nitrogens with one attached hydrogen (secondary N) is 1. The molecule has 5 atom stereocenters. The van der Waals surface area contributed by atoms with Crippen LogP contribution in [0.15, 0.2) is 169 Å². The largest absolute Gasteiger partial charge is 0.404 e. The molecule has 1 saturated heterocycles. The van der Waals surface area contributed by atoms with Gasteiger partial charge >= 0.3 is 0 Å². The summed E-state index contributed by atoms with van der Waals surface area (Å²) >= 11 is 8.05. The Morgan fingerprint density at radius 3 is 1.58 bits per heavy atom. The number of thiocarbonyl (C=S) groups is 1. The highest BCUT2D eigenvalue weighted by molar-refractivity contribution is 8.00. The summed E-state index contributed by atoms with van der Waals surface area (Å²) in [4.78, 5) is 1.90. The number of hydrogen-bond acceptors (Lipinski definition) is 4. The highest BCUT2D eigenvalue weighted by Gasteiger charge is 2.61. The predicted molar refractivity (Wildman–Crippen MR) is 265 cm³/mol. The summed E-state index contributed by atoms with van der Waals surface area (Å²) < 4.78 is 16.1. The number of rotatable bonds is 16. The van der Waals surface area contributed by atoms with Gasteiger partial charge in [0.15, 0.2) is 0 Å². The van der Waals surface area contributed by atoms with Crippen LogP contribution in [0.3, 0.4) is 0 Å². The molecular weight excluding hydrogens is 803 g/mol. The van der Waals surface area contributed by atoms with E-state index in [1.807, 2.05) is 11.8 Å². The van der Waals surface area contributed by atoms with E-state index in [9.17, 15) is 0 Å². The molecule has 0 spiro atoms. The zero-order chi connectivity index (χ0) is 42.4. The van der Waals surface area contributed by atoms with Gasteiger partial charge < -0.3 is 14.2 Å². The molecule has 1 N–H and O–H groups in total. The fourth-order valence-electron chi connectivity index (χ4n) is 10.2. The van der Waals surface area contributed by atoms with Gasteiger partial charge in [0, 0.05) is 29.6 Å². The Bertz CT molecular complexity index is 2080.